The molecule has 98 valence electrons. The number of hydrogen-bond acceptors (Lipinski definition) is 6. The third kappa shape index (κ3) is 2.52. The van der Waals surface area contributed by atoms with Gasteiger partial charge in [-0.3, -0.25) is 5.10 Å². The van der Waals surface area contributed by atoms with Crippen molar-refractivity contribution in [3.8, 4) is 0 Å². The summed E-state index contributed by atoms with van der Waals surface area (Å²) in [6.07, 6.45) is 0. The molecular formula is C9H13N5O2S2. The minimum absolute atomic E-state index is 0.116. The van der Waals surface area contributed by atoms with Gasteiger partial charge in [0.05, 0.1) is 6.54 Å². The third-order valence-corrected chi connectivity index (χ3v) is 5.50. The zero-order chi connectivity index (χ0) is 13.3. The lowest BCUT2D eigenvalue weighted by Crippen LogP contribution is -2.26. The standard InChI is InChI=1S/C9H13N5O2S2/c1-6-11-8(13-12-6)4-14(2)18(15,16)9-3-7(10)5-17-9/h3,5H,4,10H2,1-2H3,(H,11,12,13). The molecule has 7 nitrogen and oxygen atoms in total. The van der Waals surface area contributed by atoms with Gasteiger partial charge in [0.15, 0.2) is 5.82 Å². The van der Waals surface area contributed by atoms with Gasteiger partial charge in [0.1, 0.15) is 10.0 Å². The van der Waals surface area contributed by atoms with E-state index < -0.39 is 10.0 Å². The molecule has 0 fully saturated rings. The number of anilines is 1. The number of aryl methyl sites for hydroxylation is 1. The van der Waals surface area contributed by atoms with Crippen LogP contribution in [0, 0.1) is 6.92 Å². The number of aromatic nitrogens is 3. The van der Waals surface area contributed by atoms with Crippen molar-refractivity contribution in [2.45, 2.75) is 17.7 Å². The molecule has 0 unspecified atom stereocenters. The van der Waals surface area contributed by atoms with Gasteiger partial charge in [-0.2, -0.15) is 9.40 Å². The molecule has 2 aromatic heterocycles. The fourth-order valence-corrected chi connectivity index (χ4v) is 3.78. The smallest absolute Gasteiger partial charge is 0.252 e. The van der Waals surface area contributed by atoms with E-state index in [0.29, 0.717) is 17.3 Å². The number of hydrogen-bond donors (Lipinski definition) is 2. The molecule has 2 rings (SSSR count). The molecule has 0 aromatic carbocycles. The Morgan fingerprint density at radius 2 is 2.28 bits per heavy atom. The Morgan fingerprint density at radius 3 is 2.78 bits per heavy atom. The van der Waals surface area contributed by atoms with Crippen molar-refractivity contribution in [1.82, 2.24) is 19.5 Å². The lowest BCUT2D eigenvalue weighted by molar-refractivity contribution is 0.459. The first kappa shape index (κ1) is 13.0. The van der Waals surface area contributed by atoms with Crippen LogP contribution in [0.5, 0.6) is 0 Å². The van der Waals surface area contributed by atoms with Crippen LogP contribution in [0.3, 0.4) is 0 Å². The molecule has 0 aliphatic rings. The number of rotatable bonds is 4. The maximum atomic E-state index is 12.2. The number of aromatic amines is 1. The number of H-pyrrole nitrogens is 1. The monoisotopic (exact) mass is 287 g/mol. The molecule has 0 bridgehead atoms. The van der Waals surface area contributed by atoms with Gasteiger partial charge >= 0.3 is 0 Å². The summed E-state index contributed by atoms with van der Waals surface area (Å²) in [4.78, 5) is 4.07. The molecule has 0 saturated carbocycles. The van der Waals surface area contributed by atoms with Gasteiger partial charge in [0.2, 0.25) is 0 Å². The maximum Gasteiger partial charge on any atom is 0.252 e. The zero-order valence-corrected chi connectivity index (χ0v) is 11.5. The highest BCUT2D eigenvalue weighted by Crippen LogP contribution is 2.24. The van der Waals surface area contributed by atoms with Gasteiger partial charge in [0.25, 0.3) is 10.0 Å². The average molecular weight is 287 g/mol. The van der Waals surface area contributed by atoms with Crippen molar-refractivity contribution >= 4 is 27.0 Å². The summed E-state index contributed by atoms with van der Waals surface area (Å²) in [5, 5.41) is 8.17. The van der Waals surface area contributed by atoms with Gasteiger partial charge < -0.3 is 5.73 Å². The van der Waals surface area contributed by atoms with Gasteiger partial charge in [-0.25, -0.2) is 13.4 Å². The Bertz CT molecular complexity index is 645. The summed E-state index contributed by atoms with van der Waals surface area (Å²) < 4.78 is 25.8. The van der Waals surface area contributed by atoms with Crippen LogP contribution in [0.2, 0.25) is 0 Å². The second kappa shape index (κ2) is 4.67. The summed E-state index contributed by atoms with van der Waals surface area (Å²) in [6, 6.07) is 1.44. The summed E-state index contributed by atoms with van der Waals surface area (Å²) >= 11 is 1.10. The largest absolute Gasteiger partial charge is 0.398 e. The molecule has 0 aliphatic carbocycles. The summed E-state index contributed by atoms with van der Waals surface area (Å²) in [7, 11) is -2.05. The summed E-state index contributed by atoms with van der Waals surface area (Å²) in [5.74, 6) is 1.08. The van der Waals surface area contributed by atoms with E-state index in [9.17, 15) is 8.42 Å². The van der Waals surface area contributed by atoms with Gasteiger partial charge in [-0.15, -0.1) is 11.3 Å². The normalized spacial score (nSPS) is 12.2. The Labute approximate surface area is 109 Å². The lowest BCUT2D eigenvalue weighted by Gasteiger charge is -2.13. The second-order valence-corrected chi connectivity index (χ2v) is 6.98. The first-order chi connectivity index (χ1) is 8.39. The van der Waals surface area contributed by atoms with Crippen LogP contribution in [-0.4, -0.2) is 35.0 Å². The Balaban J connectivity index is 2.20. The van der Waals surface area contributed by atoms with E-state index in [-0.39, 0.29) is 10.8 Å². The molecule has 0 radical (unpaired) electrons. The third-order valence-electron chi connectivity index (χ3n) is 2.27. The Hall–Kier alpha value is -1.45. The number of sulfonamides is 1. The van der Waals surface area contributed by atoms with E-state index in [1.54, 1.807) is 12.3 Å². The van der Waals surface area contributed by atoms with Crippen LogP contribution < -0.4 is 5.73 Å². The molecule has 0 amide bonds. The van der Waals surface area contributed by atoms with E-state index in [2.05, 4.69) is 15.2 Å². The molecule has 0 spiro atoms. The Morgan fingerprint density at radius 1 is 1.56 bits per heavy atom. The van der Waals surface area contributed by atoms with Crippen LogP contribution in [0.25, 0.3) is 0 Å². The maximum absolute atomic E-state index is 12.2. The van der Waals surface area contributed by atoms with Gasteiger partial charge in [-0.1, -0.05) is 0 Å². The number of nitrogens with two attached hydrogens (primary N) is 1. The Kier molecular flexibility index (Phi) is 3.37. The van der Waals surface area contributed by atoms with E-state index >= 15 is 0 Å². The van der Waals surface area contributed by atoms with Crippen LogP contribution in [0.1, 0.15) is 11.6 Å². The van der Waals surface area contributed by atoms with Gasteiger partial charge in [-0.05, 0) is 13.0 Å². The van der Waals surface area contributed by atoms with Gasteiger partial charge in [0, 0.05) is 18.1 Å². The summed E-state index contributed by atoms with van der Waals surface area (Å²) in [5.41, 5.74) is 5.97. The highest BCUT2D eigenvalue weighted by atomic mass is 32.2. The van der Waals surface area contributed by atoms with Crippen molar-refractivity contribution in [1.29, 1.82) is 0 Å². The molecule has 9 heteroatoms. The highest BCUT2D eigenvalue weighted by Gasteiger charge is 2.23. The number of thiophene rings is 1. The molecule has 0 aliphatic heterocycles. The summed E-state index contributed by atoms with van der Waals surface area (Å²) in [6.45, 7) is 1.87. The predicted octanol–water partition coefficient (Wildman–Crippen LogP) is 0.578. The molecular weight excluding hydrogens is 274 g/mol. The predicted molar refractivity (Wildman–Crippen MR) is 68.5 cm³/mol. The molecule has 2 heterocycles. The minimum atomic E-state index is -3.53. The average Bonchev–Trinajstić information content (AvgIpc) is 2.88. The lowest BCUT2D eigenvalue weighted by atomic mass is 10.6. The van der Waals surface area contributed by atoms with Crippen LogP contribution in [-0.2, 0) is 16.6 Å². The first-order valence-electron chi connectivity index (χ1n) is 5.08. The SMILES string of the molecule is Cc1nc(CN(C)S(=O)(=O)c2cc(N)cs2)n[nH]1. The van der Waals surface area contributed by atoms with E-state index in [0.717, 1.165) is 11.3 Å². The topological polar surface area (TPSA) is 105 Å². The number of nitrogens with one attached hydrogen (secondary N) is 1. The van der Waals surface area contributed by atoms with Crippen molar-refractivity contribution in [2.75, 3.05) is 12.8 Å². The zero-order valence-electron chi connectivity index (χ0n) is 9.91. The fourth-order valence-electron chi connectivity index (χ4n) is 1.36. The quantitative estimate of drug-likeness (QED) is 0.855. The van der Waals surface area contributed by atoms with E-state index in [1.807, 2.05) is 0 Å². The minimum Gasteiger partial charge on any atom is -0.398 e. The van der Waals surface area contributed by atoms with Crippen LogP contribution in [0.15, 0.2) is 15.7 Å². The van der Waals surface area contributed by atoms with Crippen LogP contribution in [0.4, 0.5) is 5.69 Å². The molecule has 0 saturated heterocycles. The fraction of sp³-hybridized carbons (Fsp3) is 0.333. The van der Waals surface area contributed by atoms with E-state index in [4.69, 9.17) is 5.73 Å². The van der Waals surface area contributed by atoms with Crippen molar-refractivity contribution in [3.05, 3.63) is 23.1 Å². The van der Waals surface area contributed by atoms with E-state index in [1.165, 1.54) is 17.4 Å². The van der Waals surface area contributed by atoms with Crippen molar-refractivity contribution in [2.24, 2.45) is 0 Å². The van der Waals surface area contributed by atoms with Crippen molar-refractivity contribution in [3.63, 3.8) is 0 Å². The molecule has 2 aromatic rings. The van der Waals surface area contributed by atoms with Crippen LogP contribution >= 0.6 is 11.3 Å². The van der Waals surface area contributed by atoms with Crippen molar-refractivity contribution < 1.29 is 8.42 Å². The highest BCUT2D eigenvalue weighted by molar-refractivity contribution is 7.91. The molecule has 3 N–H and O–H groups in total. The first-order valence-corrected chi connectivity index (χ1v) is 7.40. The second-order valence-electron chi connectivity index (χ2n) is 3.80. The number of nitrogen functional groups attached to an aromatic ring is 1. The number of nitrogens with zero attached hydrogens (tertiary/aromatic N) is 3. The molecule has 18 heavy (non-hydrogen) atoms. The molecule has 0 atom stereocenters.